The fourth-order valence-corrected chi connectivity index (χ4v) is 2.17. The van der Waals surface area contributed by atoms with Gasteiger partial charge in [-0.25, -0.2) is 18.4 Å². The number of ether oxygens (including phenoxy) is 3. The Morgan fingerprint density at radius 3 is 2.29 bits per heavy atom. The van der Waals surface area contributed by atoms with Crippen molar-refractivity contribution >= 4 is 24.0 Å². The van der Waals surface area contributed by atoms with Gasteiger partial charge in [-0.2, -0.15) is 0 Å². The fraction of sp³-hybridized carbons (Fsp3) is 0.136. The zero-order valence-corrected chi connectivity index (χ0v) is 16.2. The number of halogens is 2. The van der Waals surface area contributed by atoms with Crippen LogP contribution in [0.3, 0.4) is 0 Å². The molecule has 9 heteroatoms. The number of esters is 2. The van der Waals surface area contributed by atoms with Crippen LogP contribution in [0.4, 0.5) is 8.78 Å². The number of hydrogen-bond acceptors (Lipinski definition) is 6. The summed E-state index contributed by atoms with van der Waals surface area (Å²) in [7, 11) is 0. The van der Waals surface area contributed by atoms with Gasteiger partial charge in [-0.1, -0.05) is 18.7 Å². The molecular weight excluding hydrogens is 414 g/mol. The van der Waals surface area contributed by atoms with Crippen LogP contribution in [0.15, 0.2) is 60.7 Å². The summed E-state index contributed by atoms with van der Waals surface area (Å²) >= 11 is 0. The third-order valence-corrected chi connectivity index (χ3v) is 3.66. The van der Waals surface area contributed by atoms with Gasteiger partial charge in [-0.3, -0.25) is 4.79 Å². The summed E-state index contributed by atoms with van der Waals surface area (Å²) in [6.07, 6.45) is 1.93. The van der Waals surface area contributed by atoms with Crippen LogP contribution < -0.4 is 9.47 Å². The molecule has 2 rings (SSSR count). The average molecular weight is 432 g/mol. The van der Waals surface area contributed by atoms with E-state index >= 15 is 0 Å². The van der Waals surface area contributed by atoms with Crippen LogP contribution in [0.2, 0.25) is 0 Å². The summed E-state index contributed by atoms with van der Waals surface area (Å²) in [5, 5.41) is 8.58. The molecule has 0 aliphatic carbocycles. The summed E-state index contributed by atoms with van der Waals surface area (Å²) in [6.45, 7) is 3.21. The Bertz CT molecular complexity index is 997. The molecule has 0 amide bonds. The minimum absolute atomic E-state index is 0.0763. The summed E-state index contributed by atoms with van der Waals surface area (Å²) in [4.78, 5) is 34.3. The lowest BCUT2D eigenvalue weighted by atomic mass is 10.2. The number of carboxylic acid groups (broad SMARTS) is 1. The molecule has 0 atom stereocenters. The minimum Gasteiger partial charge on any atom is -0.490 e. The first-order chi connectivity index (χ1) is 14.7. The van der Waals surface area contributed by atoms with Gasteiger partial charge in [0.05, 0.1) is 6.42 Å². The molecular formula is C22H18F2O7. The van der Waals surface area contributed by atoms with Gasteiger partial charge >= 0.3 is 17.9 Å². The molecule has 0 bridgehead atoms. The van der Waals surface area contributed by atoms with Gasteiger partial charge in [0.1, 0.15) is 24.7 Å². The molecule has 0 unspecified atom stereocenters. The Kier molecular flexibility index (Phi) is 8.44. The van der Waals surface area contributed by atoms with Gasteiger partial charge in [-0.05, 0) is 35.9 Å². The molecule has 0 saturated carbocycles. The van der Waals surface area contributed by atoms with Crippen LogP contribution >= 0.6 is 0 Å². The average Bonchev–Trinajstić information content (AvgIpc) is 2.73. The van der Waals surface area contributed by atoms with E-state index in [2.05, 4.69) is 6.58 Å². The number of aliphatic carboxylic acids is 1. The Hall–Kier alpha value is -4.01. The van der Waals surface area contributed by atoms with Gasteiger partial charge in [0.15, 0.2) is 11.6 Å². The smallest absolute Gasteiger partial charge is 0.339 e. The first-order valence-electron chi connectivity index (χ1n) is 8.89. The van der Waals surface area contributed by atoms with E-state index in [9.17, 15) is 23.2 Å². The highest BCUT2D eigenvalue weighted by atomic mass is 19.2. The maximum Gasteiger partial charge on any atom is 0.339 e. The summed E-state index contributed by atoms with van der Waals surface area (Å²) < 4.78 is 41.0. The van der Waals surface area contributed by atoms with Crippen molar-refractivity contribution in [3.63, 3.8) is 0 Å². The second-order valence-corrected chi connectivity index (χ2v) is 6.06. The molecule has 0 saturated heterocycles. The fourth-order valence-electron chi connectivity index (χ4n) is 2.17. The summed E-state index contributed by atoms with van der Waals surface area (Å²) in [5.41, 5.74) is 0.455. The maximum atomic E-state index is 13.1. The number of carboxylic acids is 1. The van der Waals surface area contributed by atoms with Crippen LogP contribution in [-0.4, -0.2) is 36.2 Å². The van der Waals surface area contributed by atoms with Crippen LogP contribution in [0, 0.1) is 11.6 Å². The molecule has 2 aromatic rings. The lowest BCUT2D eigenvalue weighted by molar-refractivity contribution is -0.145. The minimum atomic E-state index is -1.09. The first-order valence-corrected chi connectivity index (χ1v) is 8.89. The molecule has 0 radical (unpaired) electrons. The van der Waals surface area contributed by atoms with E-state index in [-0.39, 0.29) is 30.3 Å². The van der Waals surface area contributed by atoms with Crippen molar-refractivity contribution < 1.29 is 42.5 Å². The van der Waals surface area contributed by atoms with Crippen LogP contribution in [0.25, 0.3) is 6.08 Å². The van der Waals surface area contributed by atoms with Gasteiger partial charge in [0.2, 0.25) is 0 Å². The monoisotopic (exact) mass is 432 g/mol. The molecule has 162 valence electrons. The van der Waals surface area contributed by atoms with E-state index < -0.39 is 36.0 Å². The van der Waals surface area contributed by atoms with Crippen molar-refractivity contribution in [1.29, 1.82) is 0 Å². The van der Waals surface area contributed by atoms with Crippen molar-refractivity contribution in [2.24, 2.45) is 0 Å². The molecule has 0 heterocycles. The predicted octanol–water partition coefficient (Wildman–Crippen LogP) is 3.54. The predicted molar refractivity (Wildman–Crippen MR) is 105 cm³/mol. The second kappa shape index (κ2) is 11.2. The van der Waals surface area contributed by atoms with Crippen LogP contribution in [-0.2, 0) is 19.1 Å². The van der Waals surface area contributed by atoms with E-state index in [0.717, 1.165) is 18.2 Å². The highest BCUT2D eigenvalue weighted by Gasteiger charge is 2.15. The Labute approximate surface area is 176 Å². The van der Waals surface area contributed by atoms with Crippen molar-refractivity contribution in [2.75, 3.05) is 13.2 Å². The number of hydrogen-bond donors (Lipinski definition) is 1. The van der Waals surface area contributed by atoms with Gasteiger partial charge in [-0.15, -0.1) is 0 Å². The molecule has 2 aromatic carbocycles. The summed E-state index contributed by atoms with van der Waals surface area (Å²) in [5.74, 6) is -4.46. The van der Waals surface area contributed by atoms with E-state index in [0.29, 0.717) is 5.56 Å². The largest absolute Gasteiger partial charge is 0.490 e. The van der Waals surface area contributed by atoms with Crippen molar-refractivity contribution in [3.05, 3.63) is 77.9 Å². The van der Waals surface area contributed by atoms with Gasteiger partial charge < -0.3 is 19.3 Å². The highest BCUT2D eigenvalue weighted by molar-refractivity contribution is 5.94. The van der Waals surface area contributed by atoms with E-state index in [1.54, 1.807) is 12.1 Å². The standard InChI is InChI=1S/C22H18F2O7/c1-14(22(28)31-16-5-2-15(3-6-16)4-9-20(25)26)12-21(27)30-11-10-29-17-7-8-18(23)19(24)13-17/h2-9,13H,1,10-12H2,(H,25,26)/b9-4+. The molecule has 0 aliphatic heterocycles. The quantitative estimate of drug-likeness (QED) is 0.265. The number of rotatable bonds is 10. The van der Waals surface area contributed by atoms with E-state index in [1.807, 2.05) is 0 Å². The number of benzene rings is 2. The molecule has 1 N–H and O–H groups in total. The Morgan fingerprint density at radius 2 is 1.65 bits per heavy atom. The Morgan fingerprint density at radius 1 is 0.968 bits per heavy atom. The lowest BCUT2D eigenvalue weighted by Gasteiger charge is -2.09. The normalized spacial score (nSPS) is 10.5. The molecule has 7 nitrogen and oxygen atoms in total. The molecule has 0 aliphatic rings. The maximum absolute atomic E-state index is 13.1. The molecule has 0 spiro atoms. The SMILES string of the molecule is C=C(CC(=O)OCCOc1ccc(F)c(F)c1)C(=O)Oc1ccc(/C=C/C(=O)O)cc1. The molecule has 0 fully saturated rings. The highest BCUT2D eigenvalue weighted by Crippen LogP contribution is 2.16. The van der Waals surface area contributed by atoms with Crippen molar-refractivity contribution in [2.45, 2.75) is 6.42 Å². The van der Waals surface area contributed by atoms with Crippen molar-refractivity contribution in [1.82, 2.24) is 0 Å². The number of carbonyl (C=O) groups is 3. The van der Waals surface area contributed by atoms with E-state index in [4.69, 9.17) is 19.3 Å². The number of carbonyl (C=O) groups excluding carboxylic acids is 2. The third-order valence-electron chi connectivity index (χ3n) is 3.66. The van der Waals surface area contributed by atoms with Gasteiger partial charge in [0.25, 0.3) is 0 Å². The first kappa shape index (κ1) is 23.3. The van der Waals surface area contributed by atoms with Crippen molar-refractivity contribution in [3.8, 4) is 11.5 Å². The van der Waals surface area contributed by atoms with Gasteiger partial charge in [0, 0.05) is 17.7 Å². The molecule has 31 heavy (non-hydrogen) atoms. The second-order valence-electron chi connectivity index (χ2n) is 6.06. The third kappa shape index (κ3) is 8.09. The topological polar surface area (TPSA) is 99.1 Å². The van der Waals surface area contributed by atoms with E-state index in [1.165, 1.54) is 24.3 Å². The summed E-state index contributed by atoms with van der Waals surface area (Å²) in [6, 6.07) is 9.02. The lowest BCUT2D eigenvalue weighted by Crippen LogP contribution is -2.17. The zero-order valence-electron chi connectivity index (χ0n) is 16.2. The Balaban J connectivity index is 1.72. The zero-order chi connectivity index (χ0) is 22.8. The van der Waals surface area contributed by atoms with Crippen LogP contribution in [0.1, 0.15) is 12.0 Å². The van der Waals surface area contributed by atoms with Crippen LogP contribution in [0.5, 0.6) is 11.5 Å². The molecule has 0 aromatic heterocycles.